The van der Waals surface area contributed by atoms with Crippen LogP contribution < -0.4 is 4.13 Å². The molecule has 0 fully saturated rings. The van der Waals surface area contributed by atoms with Gasteiger partial charge in [0.15, 0.2) is 0 Å². The highest BCUT2D eigenvalue weighted by molar-refractivity contribution is 8.07. The molecule has 5 nitrogen and oxygen atoms in total. The summed E-state index contributed by atoms with van der Waals surface area (Å²) in [6, 6.07) is 0. The summed E-state index contributed by atoms with van der Waals surface area (Å²) in [5, 5.41) is 0. The Morgan fingerprint density at radius 2 is 1.52 bits per heavy atom. The lowest BCUT2D eigenvalue weighted by Gasteiger charge is -2.14. The van der Waals surface area contributed by atoms with Crippen LogP contribution >= 0.6 is 0 Å². The zero-order chi connectivity index (χ0) is 18.1. The predicted octanol–water partition coefficient (Wildman–Crippen LogP) is 2.48. The van der Waals surface area contributed by atoms with Gasteiger partial charge in [-0.2, -0.15) is 26.3 Å². The molecule has 1 aliphatic rings. The number of allylic oxidation sites excluding steroid dienone is 5. The van der Waals surface area contributed by atoms with Gasteiger partial charge in [-0.25, -0.2) is 16.8 Å². The fraction of sp³-hybridized carbons (Fsp3) is 0.400. The van der Waals surface area contributed by atoms with E-state index in [4.69, 9.17) is 0 Å². The Hall–Kier alpha value is -1.34. The standard InChI is InChI=1S/C10H9F6NO4S2/c11-9(12,13)7-4-2-1-3-5-8(6-7)22(18,19)17-23(20,21)10(14,15)16/h2,4-6,17H,1,3H2/b4-2+,7-6+,8-5+. The van der Waals surface area contributed by atoms with Gasteiger partial charge in [-0.15, -0.1) is 0 Å². The van der Waals surface area contributed by atoms with E-state index in [1.165, 1.54) is 0 Å². The van der Waals surface area contributed by atoms with E-state index in [2.05, 4.69) is 0 Å². The second kappa shape index (κ2) is 6.28. The summed E-state index contributed by atoms with van der Waals surface area (Å²) >= 11 is 0. The maximum absolute atomic E-state index is 12.7. The predicted molar refractivity (Wildman–Crippen MR) is 67.6 cm³/mol. The lowest BCUT2D eigenvalue weighted by Crippen LogP contribution is -2.40. The van der Waals surface area contributed by atoms with Crippen molar-refractivity contribution in [1.82, 2.24) is 4.13 Å². The molecule has 13 heteroatoms. The molecule has 0 bridgehead atoms. The third kappa shape index (κ3) is 5.07. The molecule has 0 spiro atoms. The first-order chi connectivity index (χ1) is 10.2. The highest BCUT2D eigenvalue weighted by Gasteiger charge is 2.48. The van der Waals surface area contributed by atoms with Gasteiger partial charge in [0, 0.05) is 0 Å². The van der Waals surface area contributed by atoms with Gasteiger partial charge in [0.2, 0.25) is 0 Å². The molecule has 0 saturated heterocycles. The minimum atomic E-state index is -6.29. The smallest absolute Gasteiger partial charge is 0.206 e. The van der Waals surface area contributed by atoms with Crippen molar-refractivity contribution in [2.45, 2.75) is 24.5 Å². The first kappa shape index (κ1) is 19.7. The van der Waals surface area contributed by atoms with Crippen molar-refractivity contribution >= 4 is 20.0 Å². The molecule has 1 N–H and O–H groups in total. The maximum Gasteiger partial charge on any atom is 0.512 e. The SMILES string of the molecule is O=S(=O)(NS(=O)(=O)C(F)(F)F)C1=C/CC/C=C/C(C(F)(F)F)=C\1. The van der Waals surface area contributed by atoms with Crippen molar-refractivity contribution in [3.05, 3.63) is 34.8 Å². The Morgan fingerprint density at radius 3 is 2.00 bits per heavy atom. The summed E-state index contributed by atoms with van der Waals surface area (Å²) < 4.78 is 120. The third-order valence-electron chi connectivity index (χ3n) is 2.44. The van der Waals surface area contributed by atoms with E-state index in [1.54, 1.807) is 0 Å². The van der Waals surface area contributed by atoms with E-state index in [9.17, 15) is 43.2 Å². The first-order valence-electron chi connectivity index (χ1n) is 5.67. The number of hydrogen-bond acceptors (Lipinski definition) is 4. The van der Waals surface area contributed by atoms with Crippen molar-refractivity contribution in [2.24, 2.45) is 0 Å². The quantitative estimate of drug-likeness (QED) is 0.757. The molecular formula is C10H9F6NO4S2. The zero-order valence-electron chi connectivity index (χ0n) is 10.9. The molecule has 0 aliphatic heterocycles. The summed E-state index contributed by atoms with van der Waals surface area (Å²) in [6.07, 6.45) is -2.68. The van der Waals surface area contributed by atoms with E-state index >= 15 is 0 Å². The molecule has 0 aromatic carbocycles. The van der Waals surface area contributed by atoms with Crippen LogP contribution in [0.5, 0.6) is 0 Å². The molecule has 0 saturated carbocycles. The molecule has 0 atom stereocenters. The van der Waals surface area contributed by atoms with Crippen LogP contribution in [0.15, 0.2) is 34.8 Å². The lowest BCUT2D eigenvalue weighted by atomic mass is 10.1. The van der Waals surface area contributed by atoms with Gasteiger partial charge < -0.3 is 0 Å². The number of sulfonamides is 2. The van der Waals surface area contributed by atoms with Crippen LogP contribution in [0.1, 0.15) is 12.8 Å². The molecule has 0 amide bonds. The normalized spacial score (nSPS) is 23.9. The fourth-order valence-corrected chi connectivity index (χ4v) is 3.93. The monoisotopic (exact) mass is 385 g/mol. The maximum atomic E-state index is 12.7. The average molecular weight is 385 g/mol. The number of nitrogens with one attached hydrogen (secondary N) is 1. The Morgan fingerprint density at radius 1 is 0.957 bits per heavy atom. The average Bonchev–Trinajstić information content (AvgIpc) is 2.22. The Balaban J connectivity index is 3.34. The second-order valence-corrected chi connectivity index (χ2v) is 7.83. The van der Waals surface area contributed by atoms with Crippen molar-refractivity contribution in [3.63, 3.8) is 0 Å². The van der Waals surface area contributed by atoms with E-state index < -0.39 is 42.2 Å². The minimum Gasteiger partial charge on any atom is -0.206 e. The van der Waals surface area contributed by atoms with E-state index in [-0.39, 0.29) is 18.9 Å². The highest BCUT2D eigenvalue weighted by atomic mass is 32.3. The van der Waals surface area contributed by atoms with Crippen LogP contribution in [0.4, 0.5) is 26.3 Å². The summed E-state index contributed by atoms with van der Waals surface area (Å²) in [7, 11) is -11.7. The number of hydrogen-bond donors (Lipinski definition) is 1. The fourth-order valence-electron chi connectivity index (χ4n) is 1.40. The molecular weight excluding hydrogens is 376 g/mol. The molecule has 23 heavy (non-hydrogen) atoms. The van der Waals surface area contributed by atoms with Crippen molar-refractivity contribution in [3.8, 4) is 0 Å². The topological polar surface area (TPSA) is 80.3 Å². The molecule has 0 heterocycles. The van der Waals surface area contributed by atoms with Gasteiger partial charge in [0.25, 0.3) is 10.0 Å². The summed E-state index contributed by atoms with van der Waals surface area (Å²) in [4.78, 5) is -1.22. The molecule has 0 radical (unpaired) electrons. The number of alkyl halides is 6. The van der Waals surface area contributed by atoms with Gasteiger partial charge in [0.05, 0.1) is 10.5 Å². The largest absolute Gasteiger partial charge is 0.512 e. The van der Waals surface area contributed by atoms with Crippen molar-refractivity contribution in [2.75, 3.05) is 0 Å². The van der Waals surface area contributed by atoms with E-state index in [0.29, 0.717) is 16.3 Å². The molecule has 0 unspecified atom stereocenters. The molecule has 1 aliphatic carbocycles. The molecule has 0 aromatic heterocycles. The minimum absolute atomic E-state index is 0.0154. The summed E-state index contributed by atoms with van der Waals surface area (Å²) in [6.45, 7) is 0. The third-order valence-corrected chi connectivity index (χ3v) is 5.71. The van der Waals surface area contributed by atoms with E-state index in [1.807, 2.05) is 0 Å². The zero-order valence-corrected chi connectivity index (χ0v) is 12.6. The first-order valence-corrected chi connectivity index (χ1v) is 8.64. The number of halogens is 6. The summed E-state index contributed by atoms with van der Waals surface area (Å²) in [5.41, 5.74) is -7.38. The lowest BCUT2D eigenvalue weighted by molar-refractivity contribution is -0.0882. The van der Waals surface area contributed by atoms with Gasteiger partial charge in [0.1, 0.15) is 0 Å². The Kier molecular flexibility index (Phi) is 5.38. The molecule has 1 rings (SSSR count). The van der Waals surface area contributed by atoms with Crippen LogP contribution in [-0.4, -0.2) is 28.5 Å². The van der Waals surface area contributed by atoms with Crippen molar-refractivity contribution < 1.29 is 43.2 Å². The van der Waals surface area contributed by atoms with Crippen LogP contribution in [-0.2, 0) is 20.0 Å². The van der Waals surface area contributed by atoms with Gasteiger partial charge >= 0.3 is 21.7 Å². The van der Waals surface area contributed by atoms with Crippen molar-refractivity contribution in [1.29, 1.82) is 0 Å². The van der Waals surface area contributed by atoms with Crippen LogP contribution in [0, 0.1) is 0 Å². The van der Waals surface area contributed by atoms with Crippen LogP contribution in [0.25, 0.3) is 0 Å². The second-order valence-electron chi connectivity index (χ2n) is 4.22. The van der Waals surface area contributed by atoms with Crippen LogP contribution in [0.3, 0.4) is 0 Å². The number of rotatable bonds is 3. The Labute approximate surface area is 127 Å². The highest BCUT2D eigenvalue weighted by Crippen LogP contribution is 2.30. The molecule has 0 aromatic rings. The van der Waals surface area contributed by atoms with Gasteiger partial charge in [-0.3, -0.25) is 0 Å². The van der Waals surface area contributed by atoms with Gasteiger partial charge in [-0.05, 0) is 18.9 Å². The Bertz CT molecular complexity index is 756. The van der Waals surface area contributed by atoms with Gasteiger partial charge in [-0.1, -0.05) is 22.4 Å². The van der Waals surface area contributed by atoms with Crippen LogP contribution in [0.2, 0.25) is 0 Å². The van der Waals surface area contributed by atoms with E-state index in [0.717, 1.165) is 6.08 Å². The summed E-state index contributed by atoms with van der Waals surface area (Å²) in [5.74, 6) is 0. The molecule has 132 valence electrons.